The lowest BCUT2D eigenvalue weighted by Gasteiger charge is -2.22. The quantitative estimate of drug-likeness (QED) is 0.822. The number of aryl methyl sites for hydroxylation is 1. The van der Waals surface area contributed by atoms with E-state index in [1.165, 1.54) is 6.07 Å². The van der Waals surface area contributed by atoms with Gasteiger partial charge in [-0.2, -0.15) is 0 Å². The highest BCUT2D eigenvalue weighted by Gasteiger charge is 2.17. The molecule has 112 valence electrons. The van der Waals surface area contributed by atoms with E-state index in [4.69, 9.17) is 11.6 Å². The Labute approximate surface area is 125 Å². The van der Waals surface area contributed by atoms with Crippen LogP contribution < -0.4 is 5.32 Å². The third-order valence-corrected chi connectivity index (χ3v) is 3.01. The lowest BCUT2D eigenvalue weighted by Crippen LogP contribution is -2.34. The summed E-state index contributed by atoms with van der Waals surface area (Å²) in [6.07, 6.45) is 0.792. The van der Waals surface area contributed by atoms with Crippen LogP contribution in [-0.2, 0) is 6.42 Å². The number of aliphatic hydroxyl groups excluding tert-OH is 1. The van der Waals surface area contributed by atoms with Gasteiger partial charge in [-0.3, -0.25) is 4.79 Å². The van der Waals surface area contributed by atoms with Crippen LogP contribution in [0.1, 0.15) is 50.2 Å². The van der Waals surface area contributed by atoms with Crippen molar-refractivity contribution in [3.63, 3.8) is 0 Å². The Bertz CT molecular complexity index is 469. The molecule has 0 radical (unpaired) electrons. The standard InChI is InChI=1S/C15H23ClN2O2/c1-5-11-6-10(7-13(16)18-11)14(20)17-9-12(19)8-15(2,3)4/h6-7,12,19H,5,8-9H2,1-4H3,(H,17,20). The van der Waals surface area contributed by atoms with Gasteiger partial charge in [0, 0.05) is 17.8 Å². The summed E-state index contributed by atoms with van der Waals surface area (Å²) in [4.78, 5) is 16.1. The van der Waals surface area contributed by atoms with E-state index in [0.29, 0.717) is 23.6 Å². The number of carbonyl (C=O) groups excluding carboxylic acids is 1. The molecular formula is C15H23ClN2O2. The molecule has 0 bridgehead atoms. The summed E-state index contributed by atoms with van der Waals surface area (Å²) in [6.45, 7) is 8.33. The number of pyridine rings is 1. The molecule has 0 saturated carbocycles. The molecule has 2 N–H and O–H groups in total. The molecule has 0 fully saturated rings. The molecule has 1 atom stereocenters. The molecule has 1 unspecified atom stereocenters. The number of nitrogens with one attached hydrogen (secondary N) is 1. The largest absolute Gasteiger partial charge is 0.391 e. The number of halogens is 1. The maximum atomic E-state index is 12.0. The molecule has 0 aromatic carbocycles. The van der Waals surface area contributed by atoms with Gasteiger partial charge in [0.25, 0.3) is 5.91 Å². The molecule has 0 aliphatic rings. The van der Waals surface area contributed by atoms with Gasteiger partial charge in [0.2, 0.25) is 0 Å². The van der Waals surface area contributed by atoms with E-state index in [2.05, 4.69) is 10.3 Å². The van der Waals surface area contributed by atoms with E-state index in [9.17, 15) is 9.90 Å². The highest BCUT2D eigenvalue weighted by atomic mass is 35.5. The van der Waals surface area contributed by atoms with E-state index in [1.807, 2.05) is 27.7 Å². The molecule has 1 amide bonds. The second-order valence-electron chi connectivity index (χ2n) is 6.15. The molecule has 4 nitrogen and oxygen atoms in total. The first-order valence-electron chi connectivity index (χ1n) is 6.84. The summed E-state index contributed by atoms with van der Waals surface area (Å²) in [5.74, 6) is -0.239. The SMILES string of the molecule is CCc1cc(C(=O)NCC(O)CC(C)(C)C)cc(Cl)n1. The molecule has 0 spiro atoms. The molecule has 0 aliphatic carbocycles. The average molecular weight is 299 g/mol. The summed E-state index contributed by atoms with van der Waals surface area (Å²) in [7, 11) is 0. The van der Waals surface area contributed by atoms with Gasteiger partial charge in [-0.15, -0.1) is 0 Å². The van der Waals surface area contributed by atoms with E-state index < -0.39 is 6.10 Å². The van der Waals surface area contributed by atoms with Gasteiger partial charge in [0.1, 0.15) is 5.15 Å². The van der Waals surface area contributed by atoms with E-state index in [1.54, 1.807) is 6.07 Å². The van der Waals surface area contributed by atoms with Gasteiger partial charge in [-0.25, -0.2) is 4.98 Å². The molecule has 0 aliphatic heterocycles. The average Bonchev–Trinajstić information content (AvgIpc) is 2.33. The van der Waals surface area contributed by atoms with Crippen LogP contribution >= 0.6 is 11.6 Å². The molecule has 0 saturated heterocycles. The third kappa shape index (κ3) is 5.88. The van der Waals surface area contributed by atoms with Crippen molar-refractivity contribution in [2.75, 3.05) is 6.54 Å². The predicted molar refractivity (Wildman–Crippen MR) is 81.0 cm³/mol. The van der Waals surface area contributed by atoms with Crippen molar-refractivity contribution in [1.82, 2.24) is 10.3 Å². The van der Waals surface area contributed by atoms with Gasteiger partial charge in [0.05, 0.1) is 6.10 Å². The number of nitrogens with zero attached hydrogens (tertiary/aromatic N) is 1. The summed E-state index contributed by atoms with van der Waals surface area (Å²) in [5.41, 5.74) is 1.28. The van der Waals surface area contributed by atoms with Gasteiger partial charge in [-0.1, -0.05) is 39.3 Å². The van der Waals surface area contributed by atoms with Crippen molar-refractivity contribution in [3.05, 3.63) is 28.5 Å². The van der Waals surface area contributed by atoms with Crippen LogP contribution in [0.3, 0.4) is 0 Å². The summed E-state index contributed by atoms with van der Waals surface area (Å²) in [5, 5.41) is 12.9. The van der Waals surface area contributed by atoms with E-state index in [0.717, 1.165) is 5.69 Å². The van der Waals surface area contributed by atoms with Crippen molar-refractivity contribution in [2.45, 2.75) is 46.6 Å². The first-order valence-corrected chi connectivity index (χ1v) is 7.22. The number of rotatable bonds is 5. The fraction of sp³-hybridized carbons (Fsp3) is 0.600. The monoisotopic (exact) mass is 298 g/mol. The molecule has 5 heteroatoms. The third-order valence-electron chi connectivity index (χ3n) is 2.82. The highest BCUT2D eigenvalue weighted by Crippen LogP contribution is 2.20. The molecule has 1 aromatic rings. The lowest BCUT2D eigenvalue weighted by atomic mass is 9.89. The van der Waals surface area contributed by atoms with Crippen LogP contribution in [0.25, 0.3) is 0 Å². The second-order valence-corrected chi connectivity index (χ2v) is 6.54. The fourth-order valence-electron chi connectivity index (χ4n) is 1.96. The normalized spacial score (nSPS) is 13.1. The summed E-state index contributed by atoms with van der Waals surface area (Å²) in [6, 6.07) is 3.25. The Morgan fingerprint density at radius 2 is 2.10 bits per heavy atom. The zero-order valence-corrected chi connectivity index (χ0v) is 13.3. The number of amides is 1. The lowest BCUT2D eigenvalue weighted by molar-refractivity contribution is 0.0868. The van der Waals surface area contributed by atoms with Crippen molar-refractivity contribution >= 4 is 17.5 Å². The van der Waals surface area contributed by atoms with Crippen LogP contribution in [-0.4, -0.2) is 28.6 Å². The number of aliphatic hydroxyl groups is 1. The number of hydrogen-bond acceptors (Lipinski definition) is 3. The molecule has 1 heterocycles. The molecule has 20 heavy (non-hydrogen) atoms. The smallest absolute Gasteiger partial charge is 0.251 e. The van der Waals surface area contributed by atoms with Crippen LogP contribution in [0.4, 0.5) is 0 Å². The summed E-state index contributed by atoms with van der Waals surface area (Å²) >= 11 is 5.88. The van der Waals surface area contributed by atoms with E-state index >= 15 is 0 Å². The Hall–Kier alpha value is -1.13. The van der Waals surface area contributed by atoms with Crippen molar-refractivity contribution in [1.29, 1.82) is 0 Å². The molecule has 1 rings (SSSR count). The number of hydrogen-bond donors (Lipinski definition) is 2. The van der Waals surface area contributed by atoms with Gasteiger partial charge >= 0.3 is 0 Å². The highest BCUT2D eigenvalue weighted by molar-refractivity contribution is 6.29. The maximum Gasteiger partial charge on any atom is 0.251 e. The van der Waals surface area contributed by atoms with Gasteiger partial charge in [0.15, 0.2) is 0 Å². The minimum Gasteiger partial charge on any atom is -0.391 e. The maximum absolute atomic E-state index is 12.0. The van der Waals surface area contributed by atoms with Crippen molar-refractivity contribution in [3.8, 4) is 0 Å². The first kappa shape index (κ1) is 16.9. The van der Waals surface area contributed by atoms with Crippen LogP contribution in [0, 0.1) is 5.41 Å². The number of aromatic nitrogens is 1. The fourth-order valence-corrected chi connectivity index (χ4v) is 2.18. The van der Waals surface area contributed by atoms with Crippen molar-refractivity contribution in [2.24, 2.45) is 5.41 Å². The zero-order valence-electron chi connectivity index (χ0n) is 12.5. The minimum atomic E-state index is -0.554. The Morgan fingerprint density at radius 1 is 1.45 bits per heavy atom. The second kappa shape index (κ2) is 7.04. The number of carbonyl (C=O) groups is 1. The zero-order chi connectivity index (χ0) is 15.3. The topological polar surface area (TPSA) is 62.2 Å². The van der Waals surface area contributed by atoms with Crippen LogP contribution in [0.5, 0.6) is 0 Å². The summed E-state index contributed by atoms with van der Waals surface area (Å²) < 4.78 is 0. The van der Waals surface area contributed by atoms with Gasteiger partial charge < -0.3 is 10.4 Å². The molecule has 1 aromatic heterocycles. The molecular weight excluding hydrogens is 276 g/mol. The van der Waals surface area contributed by atoms with Crippen LogP contribution in [0.15, 0.2) is 12.1 Å². The Balaban J connectivity index is 2.61. The van der Waals surface area contributed by atoms with Crippen LogP contribution in [0.2, 0.25) is 5.15 Å². The van der Waals surface area contributed by atoms with Gasteiger partial charge in [-0.05, 0) is 30.4 Å². The first-order chi connectivity index (χ1) is 9.21. The van der Waals surface area contributed by atoms with Crippen molar-refractivity contribution < 1.29 is 9.90 Å². The van der Waals surface area contributed by atoms with E-state index in [-0.39, 0.29) is 17.9 Å². The Kier molecular flexibility index (Phi) is 5.96. The Morgan fingerprint density at radius 3 is 2.65 bits per heavy atom. The minimum absolute atomic E-state index is 0.0273. The predicted octanol–water partition coefficient (Wildman–Crippen LogP) is 2.82.